The number of amides is 1. The van der Waals surface area contributed by atoms with Crippen LogP contribution < -0.4 is 0 Å². The normalized spacial score (nSPS) is 18.9. The number of hydrogen-bond donors (Lipinski definition) is 0. The molecular formula is C14H20BrNOS. The second kappa shape index (κ2) is 5.74. The van der Waals surface area contributed by atoms with Crippen LogP contribution in [0.2, 0.25) is 0 Å². The molecule has 2 nitrogen and oxygen atoms in total. The van der Waals surface area contributed by atoms with Crippen LogP contribution in [0.3, 0.4) is 0 Å². The van der Waals surface area contributed by atoms with Gasteiger partial charge in [-0.2, -0.15) is 0 Å². The van der Waals surface area contributed by atoms with E-state index in [1.165, 1.54) is 12.8 Å². The van der Waals surface area contributed by atoms with Crippen LogP contribution in [0.5, 0.6) is 0 Å². The second-order valence-electron chi connectivity index (χ2n) is 5.14. The molecule has 18 heavy (non-hydrogen) atoms. The third-order valence-corrected chi connectivity index (χ3v) is 5.93. The van der Waals surface area contributed by atoms with Gasteiger partial charge in [0.25, 0.3) is 5.91 Å². The summed E-state index contributed by atoms with van der Waals surface area (Å²) in [5, 5.41) is 1.94. The minimum atomic E-state index is 0.192. The standard InChI is InChI=1S/C14H20BrNOS/c1-3-14(4-2)5-7-16(8-6-14)13(17)11-9-12(15)18-10-11/h9-10H,3-8H2,1-2H3. The summed E-state index contributed by atoms with van der Waals surface area (Å²) in [6, 6.07) is 1.93. The summed E-state index contributed by atoms with van der Waals surface area (Å²) in [5.74, 6) is 0.192. The average Bonchev–Trinajstić information content (AvgIpc) is 2.85. The largest absolute Gasteiger partial charge is 0.339 e. The van der Waals surface area contributed by atoms with Gasteiger partial charge in [-0.05, 0) is 40.3 Å². The summed E-state index contributed by atoms with van der Waals surface area (Å²) >= 11 is 4.99. The zero-order valence-electron chi connectivity index (χ0n) is 11.0. The van der Waals surface area contributed by atoms with Crippen molar-refractivity contribution in [3.05, 3.63) is 20.8 Å². The average molecular weight is 330 g/mol. The Balaban J connectivity index is 1.99. The molecule has 1 fully saturated rings. The molecule has 2 rings (SSSR count). The molecule has 0 N–H and O–H groups in total. The van der Waals surface area contributed by atoms with E-state index in [4.69, 9.17) is 0 Å². The van der Waals surface area contributed by atoms with E-state index in [1.54, 1.807) is 11.3 Å². The lowest BCUT2D eigenvalue weighted by Crippen LogP contribution is -2.42. The monoisotopic (exact) mass is 329 g/mol. The van der Waals surface area contributed by atoms with E-state index < -0.39 is 0 Å². The third-order valence-electron chi connectivity index (χ3n) is 4.43. The number of rotatable bonds is 3. The maximum Gasteiger partial charge on any atom is 0.254 e. The van der Waals surface area contributed by atoms with Crippen molar-refractivity contribution >= 4 is 33.2 Å². The molecule has 0 aromatic carbocycles. The van der Waals surface area contributed by atoms with E-state index >= 15 is 0 Å². The van der Waals surface area contributed by atoms with Crippen molar-refractivity contribution < 1.29 is 4.79 Å². The molecule has 0 aliphatic carbocycles. The molecule has 1 aliphatic heterocycles. The summed E-state index contributed by atoms with van der Waals surface area (Å²) in [4.78, 5) is 14.3. The number of piperidine rings is 1. The van der Waals surface area contributed by atoms with Gasteiger partial charge in [0.15, 0.2) is 0 Å². The predicted octanol–water partition coefficient (Wildman–Crippen LogP) is 4.55. The van der Waals surface area contributed by atoms with Crippen molar-refractivity contribution in [2.45, 2.75) is 39.5 Å². The number of carbonyl (C=O) groups excluding carboxylic acids is 1. The van der Waals surface area contributed by atoms with Crippen LogP contribution >= 0.6 is 27.3 Å². The van der Waals surface area contributed by atoms with E-state index in [0.29, 0.717) is 5.41 Å². The Labute approximate surface area is 122 Å². The molecule has 0 spiro atoms. The van der Waals surface area contributed by atoms with E-state index in [2.05, 4.69) is 29.8 Å². The van der Waals surface area contributed by atoms with E-state index in [9.17, 15) is 4.79 Å². The first-order chi connectivity index (χ1) is 8.60. The van der Waals surface area contributed by atoms with Crippen molar-refractivity contribution in [3.8, 4) is 0 Å². The van der Waals surface area contributed by atoms with E-state index in [0.717, 1.165) is 35.3 Å². The highest BCUT2D eigenvalue weighted by molar-refractivity contribution is 9.11. The molecule has 1 saturated heterocycles. The third kappa shape index (κ3) is 2.80. The Morgan fingerprint density at radius 3 is 2.44 bits per heavy atom. The minimum Gasteiger partial charge on any atom is -0.339 e. The van der Waals surface area contributed by atoms with Gasteiger partial charge in [0.05, 0.1) is 9.35 Å². The molecule has 1 amide bonds. The molecule has 0 bridgehead atoms. The summed E-state index contributed by atoms with van der Waals surface area (Å²) in [5.41, 5.74) is 1.30. The van der Waals surface area contributed by atoms with Gasteiger partial charge >= 0.3 is 0 Å². The summed E-state index contributed by atoms with van der Waals surface area (Å²) in [6.45, 7) is 6.37. The number of halogens is 1. The van der Waals surface area contributed by atoms with Gasteiger partial charge in [-0.3, -0.25) is 4.79 Å². The van der Waals surface area contributed by atoms with Crippen molar-refractivity contribution in [2.75, 3.05) is 13.1 Å². The van der Waals surface area contributed by atoms with Crippen molar-refractivity contribution in [2.24, 2.45) is 5.41 Å². The molecule has 100 valence electrons. The van der Waals surface area contributed by atoms with Crippen LogP contribution in [0.4, 0.5) is 0 Å². The van der Waals surface area contributed by atoms with Gasteiger partial charge in [0.2, 0.25) is 0 Å². The van der Waals surface area contributed by atoms with Gasteiger partial charge in [0.1, 0.15) is 0 Å². The fourth-order valence-corrected chi connectivity index (χ4v) is 3.88. The van der Waals surface area contributed by atoms with Gasteiger partial charge in [-0.15, -0.1) is 11.3 Å². The van der Waals surface area contributed by atoms with Gasteiger partial charge in [0, 0.05) is 18.5 Å². The molecule has 2 heterocycles. The number of nitrogens with zero attached hydrogens (tertiary/aromatic N) is 1. The Kier molecular flexibility index (Phi) is 4.49. The number of likely N-dealkylation sites (tertiary alicyclic amines) is 1. The number of carbonyl (C=O) groups is 1. The Morgan fingerprint density at radius 2 is 2.00 bits per heavy atom. The molecular weight excluding hydrogens is 310 g/mol. The van der Waals surface area contributed by atoms with Crippen molar-refractivity contribution in [3.63, 3.8) is 0 Å². The predicted molar refractivity (Wildman–Crippen MR) is 80.2 cm³/mol. The first-order valence-electron chi connectivity index (χ1n) is 6.63. The number of thiophene rings is 1. The number of hydrogen-bond acceptors (Lipinski definition) is 2. The van der Waals surface area contributed by atoms with E-state index in [1.807, 2.05) is 16.3 Å². The first-order valence-corrected chi connectivity index (χ1v) is 8.31. The highest BCUT2D eigenvalue weighted by atomic mass is 79.9. The lowest BCUT2D eigenvalue weighted by atomic mass is 9.74. The molecule has 0 radical (unpaired) electrons. The second-order valence-corrected chi connectivity index (χ2v) is 7.43. The Morgan fingerprint density at radius 1 is 1.39 bits per heavy atom. The Bertz CT molecular complexity index is 415. The molecule has 0 atom stereocenters. The van der Waals surface area contributed by atoms with Crippen LogP contribution in [0.15, 0.2) is 15.2 Å². The van der Waals surface area contributed by atoms with Crippen LogP contribution in [-0.2, 0) is 0 Å². The molecule has 1 aromatic rings. The van der Waals surface area contributed by atoms with Crippen LogP contribution in [-0.4, -0.2) is 23.9 Å². The van der Waals surface area contributed by atoms with Crippen LogP contribution in [0.25, 0.3) is 0 Å². The van der Waals surface area contributed by atoms with Gasteiger partial charge in [-0.1, -0.05) is 26.7 Å². The van der Waals surface area contributed by atoms with Crippen molar-refractivity contribution in [1.82, 2.24) is 4.90 Å². The molecule has 0 unspecified atom stereocenters. The lowest BCUT2D eigenvalue weighted by Gasteiger charge is -2.41. The quantitative estimate of drug-likeness (QED) is 0.796. The lowest BCUT2D eigenvalue weighted by molar-refractivity contribution is 0.0558. The fourth-order valence-electron chi connectivity index (χ4n) is 2.75. The smallest absolute Gasteiger partial charge is 0.254 e. The summed E-state index contributed by atoms with van der Waals surface area (Å²) in [7, 11) is 0. The van der Waals surface area contributed by atoms with Crippen LogP contribution in [0.1, 0.15) is 49.9 Å². The van der Waals surface area contributed by atoms with Crippen molar-refractivity contribution in [1.29, 1.82) is 0 Å². The summed E-state index contributed by atoms with van der Waals surface area (Å²) < 4.78 is 1.03. The molecule has 0 saturated carbocycles. The SMILES string of the molecule is CCC1(CC)CCN(C(=O)c2csc(Br)c2)CC1. The molecule has 4 heteroatoms. The summed E-state index contributed by atoms with van der Waals surface area (Å²) in [6.07, 6.45) is 4.76. The maximum absolute atomic E-state index is 12.3. The minimum absolute atomic E-state index is 0.192. The Hall–Kier alpha value is -0.350. The topological polar surface area (TPSA) is 20.3 Å². The highest BCUT2D eigenvalue weighted by Gasteiger charge is 2.33. The highest BCUT2D eigenvalue weighted by Crippen LogP contribution is 2.38. The van der Waals surface area contributed by atoms with E-state index in [-0.39, 0.29) is 5.91 Å². The van der Waals surface area contributed by atoms with Crippen LogP contribution in [0, 0.1) is 5.41 Å². The fraction of sp³-hybridized carbons (Fsp3) is 0.643. The van der Waals surface area contributed by atoms with Gasteiger partial charge in [-0.25, -0.2) is 0 Å². The zero-order valence-corrected chi connectivity index (χ0v) is 13.4. The van der Waals surface area contributed by atoms with Gasteiger partial charge < -0.3 is 4.90 Å². The zero-order chi connectivity index (χ0) is 13.2. The molecule has 1 aromatic heterocycles. The maximum atomic E-state index is 12.3. The molecule has 1 aliphatic rings. The first kappa shape index (κ1) is 14.1.